The number of thiophene rings is 2. The predicted octanol–water partition coefficient (Wildman–Crippen LogP) is 31.2. The number of para-hydroxylation sites is 2. The number of hydrogen-bond acceptors (Lipinski definition) is 8. The van der Waals surface area contributed by atoms with Crippen molar-refractivity contribution in [1.82, 2.24) is 34.5 Å². The van der Waals surface area contributed by atoms with E-state index in [0.29, 0.717) is 0 Å². The molecule has 6 aromatic heterocycles. The fourth-order valence-electron chi connectivity index (χ4n) is 20.0. The molecule has 0 saturated heterocycles. The minimum absolute atomic E-state index is 0.229. The van der Waals surface area contributed by atoms with Crippen LogP contribution in [0.25, 0.3) is 203 Å². The van der Waals surface area contributed by atoms with Crippen molar-refractivity contribution in [3.05, 3.63) is 428 Å². The van der Waals surface area contributed by atoms with Crippen LogP contribution >= 0.6 is 22.7 Å². The Balaban J connectivity index is 0.000000109. The fraction of sp³-hybridized carbons (Fsp3) is 0.0769. The number of fused-ring (bicyclic) bond motifs is 18. The molecule has 16 aromatic carbocycles. The molecule has 3 aliphatic carbocycles. The van der Waals surface area contributed by atoms with Crippen LogP contribution in [0.3, 0.4) is 0 Å². The van der Waals surface area contributed by atoms with E-state index < -0.39 is 0 Å². The summed E-state index contributed by atoms with van der Waals surface area (Å²) >= 11 is 3.76. The van der Waals surface area contributed by atoms with E-state index in [1.54, 1.807) is 0 Å². The van der Waals surface area contributed by atoms with Crippen LogP contribution in [-0.2, 0) is 16.2 Å². The Hall–Kier alpha value is -15.0. The summed E-state index contributed by atoms with van der Waals surface area (Å²) in [7, 11) is 0. The highest BCUT2D eigenvalue weighted by molar-refractivity contribution is 7.26. The van der Waals surface area contributed by atoms with Gasteiger partial charge in [0, 0.05) is 140 Å². The second kappa shape index (κ2) is 30.2. The molecule has 3 aliphatic rings. The summed E-state index contributed by atoms with van der Waals surface area (Å²) in [4.78, 5) is 31.3. The minimum Gasteiger partial charge on any atom is -0.309 e. The lowest BCUT2D eigenvalue weighted by atomic mass is 9.80. The molecule has 0 fully saturated rings. The molecule has 0 aliphatic heterocycles. The lowest BCUT2D eigenvalue weighted by molar-refractivity contribution is 0.657. The summed E-state index contributed by atoms with van der Waals surface area (Å²) in [6.45, 7) is 13.9. The van der Waals surface area contributed by atoms with Crippen LogP contribution in [0.4, 0.5) is 0 Å². The van der Waals surface area contributed by atoms with E-state index in [-0.39, 0.29) is 16.2 Å². The normalized spacial score (nSPS) is 13.3. The van der Waals surface area contributed by atoms with Crippen molar-refractivity contribution in [1.29, 1.82) is 0 Å². The van der Waals surface area contributed by atoms with Gasteiger partial charge in [-0.15, -0.1) is 22.7 Å². The molecule has 0 unspecified atom stereocenters. The Morgan fingerprint density at radius 1 is 0.206 bits per heavy atom. The molecule has 598 valence electrons. The van der Waals surface area contributed by atoms with Gasteiger partial charge in [0.15, 0.2) is 17.5 Å². The highest BCUT2D eigenvalue weighted by atomic mass is 32.1. The zero-order valence-electron chi connectivity index (χ0n) is 70.5. The first-order valence-corrected chi connectivity index (χ1v) is 44.9. The lowest BCUT2D eigenvalue weighted by Gasteiger charge is -2.24. The molecule has 9 heteroatoms. The molecule has 0 bridgehead atoms. The van der Waals surface area contributed by atoms with Crippen LogP contribution < -0.4 is 0 Å². The molecule has 0 amide bonds. The molecule has 126 heavy (non-hydrogen) atoms. The lowest BCUT2D eigenvalue weighted by Crippen LogP contribution is -2.17. The van der Waals surface area contributed by atoms with Gasteiger partial charge in [-0.1, -0.05) is 381 Å². The third kappa shape index (κ3) is 12.6. The number of rotatable bonds is 10. The van der Waals surface area contributed by atoms with Crippen LogP contribution in [0.5, 0.6) is 0 Å². The molecule has 7 nitrogen and oxygen atoms in total. The van der Waals surface area contributed by atoms with Crippen molar-refractivity contribution in [2.24, 2.45) is 0 Å². The molecule has 0 atom stereocenters. The van der Waals surface area contributed by atoms with Crippen LogP contribution in [0, 0.1) is 0 Å². The Morgan fingerprint density at radius 2 is 0.516 bits per heavy atom. The third-order valence-corrected chi connectivity index (χ3v) is 28.6. The molecule has 0 spiro atoms. The fourth-order valence-corrected chi connectivity index (χ4v) is 22.5. The standard InChI is InChI=1S/C43H31N3.2C37H26N2S/c1-43(2)36-27-31(30-18-13-19-32(26-30)46-37-22-11-9-20-33(37)34-21-10-12-23-38(34)46)24-25-35(36)41-39(43)40(28-14-5-3-6-15-28)44-42(45-41)29-16-7-4-8-17-29;1-37(2)30-21-20-25(26-17-11-18-28-27-16-9-10-19-31(27)40-35(26)28)22-29(30)34-32(37)33(23-12-5-3-6-13-23)38-36(39-34)24-14-7-4-8-15-24;1-37(2)30-22-25(26-17-11-18-28-27-16-9-10-19-31(27)40-35(26)28)20-21-29(30)34-32(37)33(23-12-5-3-6-13-23)38-36(39-34)24-14-7-4-8-15-24/h3-27H,1-2H3;2*3-22H,1-2H3. The van der Waals surface area contributed by atoms with Crippen LogP contribution in [0.1, 0.15) is 74.9 Å². The van der Waals surface area contributed by atoms with Gasteiger partial charge in [0.25, 0.3) is 0 Å². The quantitative estimate of drug-likeness (QED) is 0.136. The molecule has 6 heterocycles. The highest BCUT2D eigenvalue weighted by Gasteiger charge is 2.44. The monoisotopic (exact) mass is 1650 g/mol. The Kier molecular flexibility index (Phi) is 18.2. The average molecular weight is 1650 g/mol. The first-order chi connectivity index (χ1) is 61.8. The smallest absolute Gasteiger partial charge is 0.160 e. The molecule has 0 radical (unpaired) electrons. The van der Waals surface area contributed by atoms with Crippen molar-refractivity contribution in [3.63, 3.8) is 0 Å². The van der Waals surface area contributed by atoms with E-state index in [2.05, 4.69) is 398 Å². The largest absolute Gasteiger partial charge is 0.309 e. The number of aromatic nitrogens is 7. The topological polar surface area (TPSA) is 82.3 Å². The molecular weight excluding hydrogens is 1570 g/mol. The number of hydrogen-bond donors (Lipinski definition) is 0. The molecule has 0 N–H and O–H groups in total. The first-order valence-electron chi connectivity index (χ1n) is 43.2. The van der Waals surface area contributed by atoms with Crippen molar-refractivity contribution in [3.8, 4) is 141 Å². The Labute approximate surface area is 740 Å². The van der Waals surface area contributed by atoms with Crippen LogP contribution in [0.15, 0.2) is 394 Å². The summed E-state index contributed by atoms with van der Waals surface area (Å²) in [6, 6.07) is 140. The summed E-state index contributed by atoms with van der Waals surface area (Å²) < 4.78 is 7.71. The predicted molar refractivity (Wildman–Crippen MR) is 528 cm³/mol. The van der Waals surface area contributed by atoms with Crippen molar-refractivity contribution in [2.75, 3.05) is 0 Å². The van der Waals surface area contributed by atoms with Crippen molar-refractivity contribution >= 4 is 84.8 Å². The van der Waals surface area contributed by atoms with Gasteiger partial charge in [0.05, 0.1) is 45.2 Å². The van der Waals surface area contributed by atoms with Gasteiger partial charge in [0.2, 0.25) is 0 Å². The average Bonchev–Trinajstić information content (AvgIpc) is 1.56. The van der Waals surface area contributed by atoms with E-state index in [1.165, 1.54) is 146 Å². The molecule has 22 aromatic rings. The zero-order chi connectivity index (χ0) is 84.5. The van der Waals surface area contributed by atoms with Crippen molar-refractivity contribution < 1.29 is 0 Å². The number of benzene rings is 16. The van der Waals surface area contributed by atoms with Gasteiger partial charge in [0.1, 0.15) is 0 Å². The van der Waals surface area contributed by atoms with Gasteiger partial charge in [-0.2, -0.15) is 0 Å². The van der Waals surface area contributed by atoms with Gasteiger partial charge >= 0.3 is 0 Å². The first kappa shape index (κ1) is 75.9. The van der Waals surface area contributed by atoms with Crippen molar-refractivity contribution in [2.45, 2.75) is 57.8 Å². The zero-order valence-corrected chi connectivity index (χ0v) is 72.1. The number of nitrogens with zero attached hydrogens (tertiary/aromatic N) is 7. The Morgan fingerprint density at radius 3 is 0.952 bits per heavy atom. The van der Waals surface area contributed by atoms with E-state index >= 15 is 0 Å². The molecule has 25 rings (SSSR count). The van der Waals surface area contributed by atoms with Crippen LogP contribution in [-0.4, -0.2) is 34.5 Å². The molecular formula is C117H83N7S2. The maximum Gasteiger partial charge on any atom is 0.160 e. The summed E-state index contributed by atoms with van der Waals surface area (Å²) in [6.07, 6.45) is 0. The molecule has 0 saturated carbocycles. The van der Waals surface area contributed by atoms with Gasteiger partial charge < -0.3 is 4.57 Å². The van der Waals surface area contributed by atoms with Gasteiger partial charge in [-0.05, 0) is 105 Å². The minimum atomic E-state index is -0.286. The van der Waals surface area contributed by atoms with E-state index in [1.807, 2.05) is 65.1 Å². The summed E-state index contributed by atoms with van der Waals surface area (Å²) in [5.74, 6) is 2.28. The maximum absolute atomic E-state index is 5.27. The van der Waals surface area contributed by atoms with E-state index in [4.69, 9.17) is 29.9 Å². The van der Waals surface area contributed by atoms with Gasteiger partial charge in [-0.25, -0.2) is 29.9 Å². The van der Waals surface area contributed by atoms with E-state index in [0.717, 1.165) is 90.7 Å². The summed E-state index contributed by atoms with van der Waals surface area (Å²) in [5.41, 5.74) is 33.8. The van der Waals surface area contributed by atoms with E-state index in [9.17, 15) is 0 Å². The second-order valence-electron chi connectivity index (χ2n) is 34.7. The third-order valence-electron chi connectivity index (χ3n) is 26.1. The Bertz CT molecular complexity index is 8040. The maximum atomic E-state index is 5.27. The second-order valence-corrected chi connectivity index (χ2v) is 36.8. The summed E-state index contributed by atoms with van der Waals surface area (Å²) in [5, 5.41) is 7.83. The highest BCUT2D eigenvalue weighted by Crippen LogP contribution is 2.57. The van der Waals surface area contributed by atoms with Gasteiger partial charge in [-0.3, -0.25) is 0 Å². The van der Waals surface area contributed by atoms with Crippen LogP contribution in [0.2, 0.25) is 0 Å². The SMILES string of the molecule is CC1(C)c2cc(-c3cccc(-n4c5ccccc5c5ccccc54)c3)ccc2-c2nc(-c3ccccc3)nc(-c3ccccc3)c21.CC1(C)c2cc(-c3cccc4c3sc3ccccc34)ccc2-c2nc(-c3ccccc3)nc(-c3ccccc3)c21.CC1(C)c2ccc(-c3cccc4c3sc3ccccc34)cc2-c2nc(-c3ccccc3)nc(-c3ccccc3)c21.